The van der Waals surface area contributed by atoms with Crippen molar-refractivity contribution in [3.63, 3.8) is 0 Å². The first-order valence-electron chi connectivity index (χ1n) is 5.21. The lowest BCUT2D eigenvalue weighted by Crippen LogP contribution is -2.03. The highest BCUT2D eigenvalue weighted by molar-refractivity contribution is 5.34. The maximum atomic E-state index is 4.17. The Labute approximate surface area is 77.1 Å². The van der Waals surface area contributed by atoms with Crippen LogP contribution in [0.5, 0.6) is 0 Å². The van der Waals surface area contributed by atoms with Gasteiger partial charge in [0.1, 0.15) is 0 Å². The van der Waals surface area contributed by atoms with Crippen molar-refractivity contribution < 1.29 is 0 Å². The van der Waals surface area contributed by atoms with Gasteiger partial charge >= 0.3 is 0 Å². The quantitative estimate of drug-likeness (QED) is 0.553. The molecule has 0 nitrogen and oxygen atoms in total. The third kappa shape index (κ3) is 1.57. The summed E-state index contributed by atoms with van der Waals surface area (Å²) in [7, 11) is 0. The Morgan fingerprint density at radius 2 is 2.08 bits per heavy atom. The van der Waals surface area contributed by atoms with E-state index in [0.717, 1.165) is 11.8 Å². The van der Waals surface area contributed by atoms with Gasteiger partial charge in [0, 0.05) is 0 Å². The molecule has 0 saturated heterocycles. The molecule has 0 spiro atoms. The van der Waals surface area contributed by atoms with Crippen LogP contribution in [0.3, 0.4) is 0 Å². The normalized spacial score (nSPS) is 34.4. The molecule has 12 heavy (non-hydrogen) atoms. The maximum Gasteiger partial charge on any atom is -0.00480 e. The lowest BCUT2D eigenvalue weighted by atomic mass is 9.92. The molecule has 0 aliphatic heterocycles. The lowest BCUT2D eigenvalue weighted by molar-refractivity contribution is 0.385. The third-order valence-electron chi connectivity index (χ3n) is 3.25. The molecule has 0 aromatic heterocycles. The molecule has 0 bridgehead atoms. The summed E-state index contributed by atoms with van der Waals surface area (Å²) in [5.74, 6) is 1.65. The van der Waals surface area contributed by atoms with Crippen LogP contribution in [0.4, 0.5) is 0 Å². The van der Waals surface area contributed by atoms with Crippen molar-refractivity contribution in [2.24, 2.45) is 17.3 Å². The van der Waals surface area contributed by atoms with Crippen LogP contribution < -0.4 is 0 Å². The molecule has 70 valence electrons. The number of rotatable bonds is 4. The Bertz CT molecular complexity index is 178. The van der Waals surface area contributed by atoms with Gasteiger partial charge in [-0.3, -0.25) is 0 Å². The zero-order valence-electron chi connectivity index (χ0n) is 8.98. The van der Waals surface area contributed by atoms with Crippen molar-refractivity contribution >= 4 is 0 Å². The van der Waals surface area contributed by atoms with E-state index in [1.165, 1.54) is 24.8 Å². The molecular weight excluding hydrogens is 144 g/mol. The zero-order chi connectivity index (χ0) is 9.35. The molecule has 1 rings (SSSR count). The molecule has 0 heterocycles. The van der Waals surface area contributed by atoms with Crippen LogP contribution in [0.15, 0.2) is 12.2 Å². The molecule has 1 aliphatic carbocycles. The number of hydrogen-bond donors (Lipinski definition) is 0. The lowest BCUT2D eigenvalue weighted by Gasteiger charge is -2.12. The monoisotopic (exact) mass is 166 g/mol. The maximum absolute atomic E-state index is 4.17. The summed E-state index contributed by atoms with van der Waals surface area (Å²) in [4.78, 5) is 0. The van der Waals surface area contributed by atoms with E-state index in [4.69, 9.17) is 0 Å². The molecular formula is C12H22. The molecule has 0 N–H and O–H groups in total. The highest BCUT2D eigenvalue weighted by Crippen LogP contribution is 2.62. The number of allylic oxidation sites excluding steroid dienone is 1. The predicted molar refractivity (Wildman–Crippen MR) is 55.1 cm³/mol. The summed E-state index contributed by atoms with van der Waals surface area (Å²) < 4.78 is 0. The van der Waals surface area contributed by atoms with Crippen LogP contribution in [0, 0.1) is 17.3 Å². The minimum Gasteiger partial charge on any atom is -0.0990 e. The minimum atomic E-state index is 0.504. The van der Waals surface area contributed by atoms with Crippen molar-refractivity contribution in [1.82, 2.24) is 0 Å². The van der Waals surface area contributed by atoms with Crippen molar-refractivity contribution in [2.75, 3.05) is 0 Å². The zero-order valence-corrected chi connectivity index (χ0v) is 8.98. The fraction of sp³-hybridized carbons (Fsp3) is 0.833. The topological polar surface area (TPSA) is 0 Å². The fourth-order valence-electron chi connectivity index (χ4n) is 2.56. The molecule has 1 saturated carbocycles. The molecule has 0 aromatic carbocycles. The second kappa shape index (κ2) is 3.24. The van der Waals surface area contributed by atoms with E-state index in [1.54, 1.807) is 0 Å². The molecule has 0 radical (unpaired) electrons. The summed E-state index contributed by atoms with van der Waals surface area (Å²) in [6, 6.07) is 0. The second-order valence-corrected chi connectivity index (χ2v) is 4.88. The predicted octanol–water partition coefficient (Wildman–Crippen LogP) is 4.02. The van der Waals surface area contributed by atoms with Crippen LogP contribution in [-0.2, 0) is 0 Å². The van der Waals surface area contributed by atoms with Gasteiger partial charge in [0.2, 0.25) is 0 Å². The summed E-state index contributed by atoms with van der Waals surface area (Å²) in [6.45, 7) is 13.4. The largest absolute Gasteiger partial charge is 0.0990 e. The van der Waals surface area contributed by atoms with Crippen LogP contribution >= 0.6 is 0 Å². The SMILES string of the molecule is C=C1C(CCC)C1(C)CC(C)C. The Hall–Kier alpha value is -0.260. The van der Waals surface area contributed by atoms with Crippen LogP contribution in [0.1, 0.15) is 47.0 Å². The van der Waals surface area contributed by atoms with Gasteiger partial charge in [-0.25, -0.2) is 0 Å². The van der Waals surface area contributed by atoms with Gasteiger partial charge in [-0.1, -0.05) is 46.3 Å². The Morgan fingerprint density at radius 1 is 1.50 bits per heavy atom. The molecule has 2 atom stereocenters. The van der Waals surface area contributed by atoms with Crippen LogP contribution in [0.2, 0.25) is 0 Å². The minimum absolute atomic E-state index is 0.504. The van der Waals surface area contributed by atoms with Gasteiger partial charge in [0.05, 0.1) is 0 Å². The summed E-state index contributed by atoms with van der Waals surface area (Å²) in [5.41, 5.74) is 2.02. The van der Waals surface area contributed by atoms with Gasteiger partial charge in [0.25, 0.3) is 0 Å². The van der Waals surface area contributed by atoms with E-state index < -0.39 is 0 Å². The van der Waals surface area contributed by atoms with Gasteiger partial charge < -0.3 is 0 Å². The Kier molecular flexibility index (Phi) is 2.65. The smallest absolute Gasteiger partial charge is 0.00480 e. The average Bonchev–Trinajstić information content (AvgIpc) is 2.40. The highest BCUT2D eigenvalue weighted by Gasteiger charge is 2.53. The summed E-state index contributed by atoms with van der Waals surface area (Å²) in [5, 5.41) is 0. The molecule has 2 unspecified atom stereocenters. The average molecular weight is 166 g/mol. The van der Waals surface area contributed by atoms with E-state index in [0.29, 0.717) is 5.41 Å². The van der Waals surface area contributed by atoms with Crippen molar-refractivity contribution in [1.29, 1.82) is 0 Å². The molecule has 1 fully saturated rings. The van der Waals surface area contributed by atoms with Crippen LogP contribution in [-0.4, -0.2) is 0 Å². The Balaban J connectivity index is 2.47. The van der Waals surface area contributed by atoms with E-state index in [9.17, 15) is 0 Å². The van der Waals surface area contributed by atoms with Gasteiger partial charge in [-0.15, -0.1) is 0 Å². The molecule has 1 aliphatic rings. The fourth-order valence-corrected chi connectivity index (χ4v) is 2.56. The van der Waals surface area contributed by atoms with E-state index in [-0.39, 0.29) is 0 Å². The summed E-state index contributed by atoms with van der Waals surface area (Å²) >= 11 is 0. The first-order chi connectivity index (χ1) is 5.52. The second-order valence-electron chi connectivity index (χ2n) is 4.88. The first-order valence-corrected chi connectivity index (χ1v) is 5.21. The van der Waals surface area contributed by atoms with Gasteiger partial charge in [-0.05, 0) is 30.1 Å². The van der Waals surface area contributed by atoms with Crippen molar-refractivity contribution in [3.8, 4) is 0 Å². The molecule has 0 heteroatoms. The first kappa shape index (κ1) is 9.83. The van der Waals surface area contributed by atoms with Gasteiger partial charge in [0.15, 0.2) is 0 Å². The Morgan fingerprint density at radius 3 is 2.50 bits per heavy atom. The highest BCUT2D eigenvalue weighted by atomic mass is 14.6. The van der Waals surface area contributed by atoms with E-state index >= 15 is 0 Å². The standard InChI is InChI=1S/C12H22/c1-6-7-11-10(4)12(11,5)8-9(2)3/h9,11H,4,6-8H2,1-3,5H3. The third-order valence-corrected chi connectivity index (χ3v) is 3.25. The molecule has 0 amide bonds. The molecule has 0 aromatic rings. The van der Waals surface area contributed by atoms with Crippen molar-refractivity contribution in [3.05, 3.63) is 12.2 Å². The van der Waals surface area contributed by atoms with E-state index in [2.05, 4.69) is 34.3 Å². The van der Waals surface area contributed by atoms with E-state index in [1.807, 2.05) is 0 Å². The van der Waals surface area contributed by atoms with Crippen LogP contribution in [0.25, 0.3) is 0 Å². The number of hydrogen-bond acceptors (Lipinski definition) is 0. The summed E-state index contributed by atoms with van der Waals surface area (Å²) in [6.07, 6.45) is 3.98. The van der Waals surface area contributed by atoms with Gasteiger partial charge in [-0.2, -0.15) is 0 Å². The van der Waals surface area contributed by atoms with Crippen molar-refractivity contribution in [2.45, 2.75) is 47.0 Å².